The summed E-state index contributed by atoms with van der Waals surface area (Å²) in [7, 11) is 0. The molecule has 0 atom stereocenters. The van der Waals surface area contributed by atoms with Gasteiger partial charge in [-0.05, 0) is 24.1 Å². The average molecular weight is 250 g/mol. The van der Waals surface area contributed by atoms with Crippen LogP contribution in [0, 0.1) is 0 Å². The van der Waals surface area contributed by atoms with Crippen molar-refractivity contribution in [3.05, 3.63) is 47.0 Å². The van der Waals surface area contributed by atoms with Crippen LogP contribution in [-0.2, 0) is 13.0 Å². The van der Waals surface area contributed by atoms with Crippen LogP contribution in [0.1, 0.15) is 24.7 Å². The Labute approximate surface area is 106 Å². The van der Waals surface area contributed by atoms with E-state index in [-0.39, 0.29) is 0 Å². The van der Waals surface area contributed by atoms with Crippen molar-refractivity contribution in [1.29, 1.82) is 0 Å². The number of hydrogen-bond acceptors (Lipinski definition) is 2. The Hall–Kier alpha value is -1.48. The van der Waals surface area contributed by atoms with E-state index in [0.717, 1.165) is 36.5 Å². The number of halogens is 1. The second-order valence-electron chi connectivity index (χ2n) is 4.06. The lowest BCUT2D eigenvalue weighted by molar-refractivity contribution is 0.706. The van der Waals surface area contributed by atoms with Gasteiger partial charge >= 0.3 is 0 Å². The maximum Gasteiger partial charge on any atom is 0.108 e. The Morgan fingerprint density at radius 1 is 1.41 bits per heavy atom. The van der Waals surface area contributed by atoms with E-state index in [2.05, 4.69) is 16.5 Å². The predicted molar refractivity (Wildman–Crippen MR) is 71.2 cm³/mol. The van der Waals surface area contributed by atoms with Crippen LogP contribution in [0.15, 0.2) is 30.6 Å². The van der Waals surface area contributed by atoms with Gasteiger partial charge in [-0.1, -0.05) is 24.6 Å². The number of nitrogen functional groups attached to an aromatic ring is 1. The molecular weight excluding hydrogens is 234 g/mol. The maximum absolute atomic E-state index is 5.94. The van der Waals surface area contributed by atoms with Gasteiger partial charge in [0.2, 0.25) is 0 Å². The molecule has 0 spiro atoms. The standard InChI is InChI=1S/C13H16ClN3/c1-2-3-13-16-6-7-17(13)9-10-4-5-11(14)8-12(10)15/h4-8H,2-3,9,15H2,1H3. The van der Waals surface area contributed by atoms with Gasteiger partial charge in [0, 0.05) is 29.5 Å². The Morgan fingerprint density at radius 2 is 2.24 bits per heavy atom. The number of imidazole rings is 1. The normalized spacial score (nSPS) is 10.7. The summed E-state index contributed by atoms with van der Waals surface area (Å²) in [5.74, 6) is 1.10. The van der Waals surface area contributed by atoms with Crippen molar-refractivity contribution < 1.29 is 0 Å². The maximum atomic E-state index is 5.94. The number of nitrogens with two attached hydrogens (primary N) is 1. The van der Waals surface area contributed by atoms with Gasteiger partial charge in [0.05, 0.1) is 6.54 Å². The zero-order chi connectivity index (χ0) is 12.3. The van der Waals surface area contributed by atoms with Gasteiger partial charge in [0.15, 0.2) is 0 Å². The number of aromatic nitrogens is 2. The summed E-state index contributed by atoms with van der Waals surface area (Å²) in [4.78, 5) is 4.35. The van der Waals surface area contributed by atoms with Crippen molar-refractivity contribution in [2.24, 2.45) is 0 Å². The third-order valence-electron chi connectivity index (χ3n) is 2.72. The molecule has 0 fully saturated rings. The highest BCUT2D eigenvalue weighted by Crippen LogP contribution is 2.19. The third-order valence-corrected chi connectivity index (χ3v) is 2.96. The molecule has 1 aromatic carbocycles. The number of nitrogens with zero attached hydrogens (tertiary/aromatic N) is 2. The minimum absolute atomic E-state index is 0.672. The molecule has 1 heterocycles. The summed E-state index contributed by atoms with van der Waals surface area (Å²) >= 11 is 5.88. The topological polar surface area (TPSA) is 43.8 Å². The first-order valence-electron chi connectivity index (χ1n) is 5.74. The van der Waals surface area contributed by atoms with E-state index < -0.39 is 0 Å². The van der Waals surface area contributed by atoms with Crippen LogP contribution in [0.5, 0.6) is 0 Å². The summed E-state index contributed by atoms with van der Waals surface area (Å²) < 4.78 is 2.13. The highest BCUT2D eigenvalue weighted by Gasteiger charge is 2.05. The molecule has 2 rings (SSSR count). The molecule has 0 saturated heterocycles. The second kappa shape index (κ2) is 5.23. The Morgan fingerprint density at radius 3 is 2.94 bits per heavy atom. The molecule has 1 aromatic heterocycles. The van der Waals surface area contributed by atoms with Crippen molar-refractivity contribution in [3.8, 4) is 0 Å². The molecule has 4 heteroatoms. The molecule has 0 amide bonds. The van der Waals surface area contributed by atoms with Gasteiger partial charge < -0.3 is 10.3 Å². The second-order valence-corrected chi connectivity index (χ2v) is 4.50. The van der Waals surface area contributed by atoms with E-state index in [1.165, 1.54) is 0 Å². The first-order chi connectivity index (χ1) is 8.20. The van der Waals surface area contributed by atoms with Gasteiger partial charge in [0.1, 0.15) is 5.82 Å². The van der Waals surface area contributed by atoms with Gasteiger partial charge in [-0.15, -0.1) is 0 Å². The van der Waals surface area contributed by atoms with Gasteiger partial charge in [-0.2, -0.15) is 0 Å². The summed E-state index contributed by atoms with van der Waals surface area (Å²) in [6, 6.07) is 5.62. The number of anilines is 1. The zero-order valence-corrected chi connectivity index (χ0v) is 10.6. The molecule has 2 aromatic rings. The lowest BCUT2D eigenvalue weighted by atomic mass is 10.2. The monoisotopic (exact) mass is 249 g/mol. The third kappa shape index (κ3) is 2.80. The lowest BCUT2D eigenvalue weighted by Gasteiger charge is -2.09. The van der Waals surface area contributed by atoms with Crippen LogP contribution in [0.25, 0.3) is 0 Å². The van der Waals surface area contributed by atoms with Crippen molar-refractivity contribution in [2.75, 3.05) is 5.73 Å². The predicted octanol–water partition coefficient (Wildman–Crippen LogP) is 3.12. The highest BCUT2D eigenvalue weighted by atomic mass is 35.5. The first kappa shape index (κ1) is 12.0. The van der Waals surface area contributed by atoms with Gasteiger partial charge in [-0.3, -0.25) is 0 Å². The summed E-state index contributed by atoms with van der Waals surface area (Å²) in [5.41, 5.74) is 7.75. The van der Waals surface area contributed by atoms with Crippen molar-refractivity contribution >= 4 is 17.3 Å². The van der Waals surface area contributed by atoms with Crippen LogP contribution < -0.4 is 5.73 Å². The summed E-state index contributed by atoms with van der Waals surface area (Å²) in [5, 5.41) is 0.672. The molecule has 0 aliphatic carbocycles. The Bertz CT molecular complexity index is 505. The molecule has 17 heavy (non-hydrogen) atoms. The minimum atomic E-state index is 0.672. The Balaban J connectivity index is 2.22. The van der Waals surface area contributed by atoms with E-state index in [1.54, 1.807) is 6.07 Å². The molecule has 0 unspecified atom stereocenters. The molecule has 0 radical (unpaired) electrons. The van der Waals surface area contributed by atoms with Gasteiger partial charge in [-0.25, -0.2) is 4.98 Å². The van der Waals surface area contributed by atoms with Crippen LogP contribution in [0.4, 0.5) is 5.69 Å². The molecule has 2 N–H and O–H groups in total. The highest BCUT2D eigenvalue weighted by molar-refractivity contribution is 6.30. The van der Waals surface area contributed by atoms with Gasteiger partial charge in [0.25, 0.3) is 0 Å². The SMILES string of the molecule is CCCc1nccn1Cc1ccc(Cl)cc1N. The van der Waals surface area contributed by atoms with E-state index in [1.807, 2.05) is 24.5 Å². The largest absolute Gasteiger partial charge is 0.398 e. The fraction of sp³-hybridized carbons (Fsp3) is 0.308. The number of rotatable bonds is 4. The molecular formula is C13H16ClN3. The first-order valence-corrected chi connectivity index (χ1v) is 6.12. The number of hydrogen-bond donors (Lipinski definition) is 1. The van der Waals surface area contributed by atoms with E-state index in [9.17, 15) is 0 Å². The lowest BCUT2D eigenvalue weighted by Crippen LogP contribution is -2.06. The van der Waals surface area contributed by atoms with E-state index in [0.29, 0.717) is 5.02 Å². The minimum Gasteiger partial charge on any atom is -0.398 e. The zero-order valence-electron chi connectivity index (χ0n) is 9.86. The number of benzene rings is 1. The quantitative estimate of drug-likeness (QED) is 0.846. The van der Waals surface area contributed by atoms with Crippen LogP contribution in [-0.4, -0.2) is 9.55 Å². The Kier molecular flexibility index (Phi) is 3.69. The summed E-state index contributed by atoms with van der Waals surface area (Å²) in [6.45, 7) is 2.90. The van der Waals surface area contributed by atoms with Crippen molar-refractivity contribution in [1.82, 2.24) is 9.55 Å². The fourth-order valence-electron chi connectivity index (χ4n) is 1.83. The van der Waals surface area contributed by atoms with Crippen molar-refractivity contribution in [2.45, 2.75) is 26.3 Å². The summed E-state index contributed by atoms with van der Waals surface area (Å²) in [6.07, 6.45) is 5.89. The molecule has 90 valence electrons. The smallest absolute Gasteiger partial charge is 0.108 e. The fourth-order valence-corrected chi connectivity index (χ4v) is 2.01. The van der Waals surface area contributed by atoms with E-state index in [4.69, 9.17) is 17.3 Å². The molecule has 0 aliphatic heterocycles. The molecule has 3 nitrogen and oxygen atoms in total. The van der Waals surface area contributed by atoms with Crippen LogP contribution in [0.2, 0.25) is 5.02 Å². The molecule has 0 aliphatic rings. The van der Waals surface area contributed by atoms with Crippen LogP contribution >= 0.6 is 11.6 Å². The number of aryl methyl sites for hydroxylation is 1. The molecule has 0 saturated carbocycles. The molecule has 0 bridgehead atoms. The van der Waals surface area contributed by atoms with Crippen molar-refractivity contribution in [3.63, 3.8) is 0 Å². The average Bonchev–Trinajstić information content (AvgIpc) is 2.71. The van der Waals surface area contributed by atoms with Crippen LogP contribution in [0.3, 0.4) is 0 Å². The van der Waals surface area contributed by atoms with E-state index >= 15 is 0 Å².